The molecule has 1 fully saturated rings. The molecule has 1 rings (SSSR count). The van der Waals surface area contributed by atoms with Crippen LogP contribution in [-0.2, 0) is 14.4 Å². The highest BCUT2D eigenvalue weighted by Gasteiger charge is 2.19. The van der Waals surface area contributed by atoms with Crippen LogP contribution in [0.5, 0.6) is 0 Å². The first-order valence-corrected chi connectivity index (χ1v) is 4.22. The Morgan fingerprint density at radius 2 is 2.23 bits per heavy atom. The lowest BCUT2D eigenvalue weighted by Crippen LogP contribution is -2.33. The van der Waals surface area contributed by atoms with Crippen molar-refractivity contribution >= 4 is 18.1 Å². The molecule has 2 amide bonds. The smallest absolute Gasteiger partial charge is 0.232 e. The number of hydrogen-bond acceptors (Lipinski definition) is 3. The van der Waals surface area contributed by atoms with Crippen LogP contribution in [0, 0.1) is 0 Å². The molecule has 0 aromatic rings. The Labute approximate surface area is 76.1 Å². The van der Waals surface area contributed by atoms with Crippen molar-refractivity contribution in [1.82, 2.24) is 10.2 Å². The minimum absolute atomic E-state index is 0.0984. The predicted molar refractivity (Wildman–Crippen MR) is 44.9 cm³/mol. The van der Waals surface area contributed by atoms with E-state index in [9.17, 15) is 14.4 Å². The Hall–Kier alpha value is -1.39. The molecule has 0 bridgehead atoms. The van der Waals surface area contributed by atoms with E-state index in [0.717, 1.165) is 6.29 Å². The van der Waals surface area contributed by atoms with Gasteiger partial charge in [0.05, 0.1) is 0 Å². The fourth-order valence-electron chi connectivity index (χ4n) is 1.21. The first-order valence-electron chi connectivity index (χ1n) is 4.22. The summed E-state index contributed by atoms with van der Waals surface area (Å²) in [5.74, 6) is -0.435. The summed E-state index contributed by atoms with van der Waals surface area (Å²) in [6, 6.07) is 0. The van der Waals surface area contributed by atoms with Gasteiger partial charge in [-0.1, -0.05) is 0 Å². The lowest BCUT2D eigenvalue weighted by Gasteiger charge is -2.17. The van der Waals surface area contributed by atoms with Gasteiger partial charge in [0.25, 0.3) is 0 Å². The highest BCUT2D eigenvalue weighted by molar-refractivity contribution is 5.97. The van der Waals surface area contributed by atoms with Gasteiger partial charge in [-0.25, -0.2) is 0 Å². The Balaban J connectivity index is 2.48. The number of rotatable bonds is 3. The second kappa shape index (κ2) is 4.59. The molecule has 0 unspecified atom stereocenters. The van der Waals surface area contributed by atoms with E-state index < -0.39 is 0 Å². The Kier molecular flexibility index (Phi) is 3.42. The van der Waals surface area contributed by atoms with E-state index in [1.807, 2.05) is 0 Å². The summed E-state index contributed by atoms with van der Waals surface area (Å²) in [5.41, 5.74) is 0. The van der Waals surface area contributed by atoms with Crippen LogP contribution >= 0.6 is 0 Å². The number of aldehydes is 1. The van der Waals surface area contributed by atoms with E-state index in [1.165, 1.54) is 4.90 Å². The zero-order chi connectivity index (χ0) is 9.68. The van der Waals surface area contributed by atoms with Gasteiger partial charge in [-0.2, -0.15) is 0 Å². The topological polar surface area (TPSA) is 66.5 Å². The van der Waals surface area contributed by atoms with Crippen LogP contribution in [0.15, 0.2) is 0 Å². The first-order chi connectivity index (χ1) is 6.24. The second-order valence-electron chi connectivity index (χ2n) is 2.86. The summed E-state index contributed by atoms with van der Waals surface area (Å²) in [4.78, 5) is 33.8. The highest BCUT2D eigenvalue weighted by atomic mass is 16.2. The fraction of sp³-hybridized carbons (Fsp3) is 0.625. The molecule has 0 aromatic heterocycles. The first kappa shape index (κ1) is 9.70. The van der Waals surface area contributed by atoms with Crippen molar-refractivity contribution in [2.24, 2.45) is 0 Å². The number of nitrogens with one attached hydrogen (secondary N) is 1. The Morgan fingerprint density at radius 1 is 1.46 bits per heavy atom. The number of amides is 2. The van der Waals surface area contributed by atoms with Gasteiger partial charge < -0.3 is 15.0 Å². The van der Waals surface area contributed by atoms with Crippen molar-refractivity contribution in [3.8, 4) is 0 Å². The fourth-order valence-corrected chi connectivity index (χ4v) is 1.21. The van der Waals surface area contributed by atoms with Gasteiger partial charge in [-0.15, -0.1) is 0 Å². The van der Waals surface area contributed by atoms with Gasteiger partial charge in [-0.3, -0.25) is 9.59 Å². The number of carbonyl (C=O) groups excluding carboxylic acids is 3. The molecule has 1 saturated heterocycles. The molecule has 0 saturated carbocycles. The molecule has 0 atom stereocenters. The SMILES string of the molecule is O=CCCN1CCNC(=O)CC1=O. The zero-order valence-electron chi connectivity index (χ0n) is 7.28. The average molecular weight is 184 g/mol. The lowest BCUT2D eigenvalue weighted by atomic mass is 10.3. The molecule has 1 heterocycles. The third-order valence-electron chi connectivity index (χ3n) is 1.89. The third kappa shape index (κ3) is 2.85. The average Bonchev–Trinajstić information content (AvgIpc) is 2.24. The molecule has 1 aliphatic heterocycles. The molecule has 5 nitrogen and oxygen atoms in total. The molecule has 72 valence electrons. The molecular formula is C8H12N2O3. The molecule has 0 spiro atoms. The summed E-state index contributed by atoms with van der Waals surface area (Å²) in [5, 5.41) is 2.59. The molecular weight excluding hydrogens is 172 g/mol. The van der Waals surface area contributed by atoms with Crippen molar-refractivity contribution in [3.63, 3.8) is 0 Å². The van der Waals surface area contributed by atoms with E-state index in [1.54, 1.807) is 0 Å². The number of nitrogens with zero attached hydrogens (tertiary/aromatic N) is 1. The second-order valence-corrected chi connectivity index (χ2v) is 2.86. The van der Waals surface area contributed by atoms with E-state index in [4.69, 9.17) is 0 Å². The van der Waals surface area contributed by atoms with Crippen LogP contribution in [0.1, 0.15) is 12.8 Å². The van der Waals surface area contributed by atoms with E-state index in [0.29, 0.717) is 26.1 Å². The summed E-state index contributed by atoms with van der Waals surface area (Å²) >= 11 is 0. The van der Waals surface area contributed by atoms with Gasteiger partial charge in [-0.05, 0) is 0 Å². The Bertz CT molecular complexity index is 227. The summed E-state index contributed by atoms with van der Waals surface area (Å²) in [6.45, 7) is 1.39. The maximum absolute atomic E-state index is 11.3. The normalized spacial score (nSPS) is 18.0. The quantitative estimate of drug-likeness (QED) is 0.448. The van der Waals surface area contributed by atoms with Crippen molar-refractivity contribution < 1.29 is 14.4 Å². The number of hydrogen-bond donors (Lipinski definition) is 1. The molecule has 1 aliphatic rings. The molecule has 0 aliphatic carbocycles. The molecule has 13 heavy (non-hydrogen) atoms. The predicted octanol–water partition coefficient (Wildman–Crippen LogP) is -1.08. The molecule has 5 heteroatoms. The van der Waals surface area contributed by atoms with Gasteiger partial charge in [0, 0.05) is 26.1 Å². The van der Waals surface area contributed by atoms with Crippen LogP contribution in [0.2, 0.25) is 0 Å². The van der Waals surface area contributed by atoms with Crippen LogP contribution in [-0.4, -0.2) is 42.6 Å². The maximum Gasteiger partial charge on any atom is 0.232 e. The largest absolute Gasteiger partial charge is 0.354 e. The minimum Gasteiger partial charge on any atom is -0.354 e. The van der Waals surface area contributed by atoms with Gasteiger partial charge in [0.1, 0.15) is 12.7 Å². The minimum atomic E-state index is -0.237. The maximum atomic E-state index is 11.3. The summed E-state index contributed by atoms with van der Waals surface area (Å²) < 4.78 is 0. The van der Waals surface area contributed by atoms with Crippen molar-refractivity contribution in [1.29, 1.82) is 0 Å². The third-order valence-corrected chi connectivity index (χ3v) is 1.89. The van der Waals surface area contributed by atoms with E-state index >= 15 is 0 Å². The molecule has 0 radical (unpaired) electrons. The van der Waals surface area contributed by atoms with Crippen molar-refractivity contribution in [2.45, 2.75) is 12.8 Å². The number of carbonyl (C=O) groups is 3. The highest BCUT2D eigenvalue weighted by Crippen LogP contribution is 1.98. The zero-order valence-corrected chi connectivity index (χ0v) is 7.28. The standard InChI is InChI=1S/C8H12N2O3/c11-5-1-3-10-4-2-9-7(12)6-8(10)13/h5H,1-4,6H2,(H,9,12). The molecule has 1 N–H and O–H groups in total. The Morgan fingerprint density at radius 3 is 2.92 bits per heavy atom. The van der Waals surface area contributed by atoms with Crippen molar-refractivity contribution in [2.75, 3.05) is 19.6 Å². The van der Waals surface area contributed by atoms with Crippen LogP contribution < -0.4 is 5.32 Å². The summed E-state index contributed by atoms with van der Waals surface area (Å²) in [6.07, 6.45) is 1.01. The van der Waals surface area contributed by atoms with Crippen LogP contribution in [0.3, 0.4) is 0 Å². The van der Waals surface area contributed by atoms with Crippen molar-refractivity contribution in [3.05, 3.63) is 0 Å². The van der Waals surface area contributed by atoms with E-state index in [-0.39, 0.29) is 18.2 Å². The monoisotopic (exact) mass is 184 g/mol. The van der Waals surface area contributed by atoms with E-state index in [2.05, 4.69) is 5.32 Å². The van der Waals surface area contributed by atoms with Crippen LogP contribution in [0.4, 0.5) is 0 Å². The summed E-state index contributed by atoms with van der Waals surface area (Å²) in [7, 11) is 0. The lowest BCUT2D eigenvalue weighted by molar-refractivity contribution is -0.134. The van der Waals surface area contributed by atoms with Gasteiger partial charge >= 0.3 is 0 Å². The van der Waals surface area contributed by atoms with Gasteiger partial charge in [0.15, 0.2) is 0 Å². The van der Waals surface area contributed by atoms with Crippen LogP contribution in [0.25, 0.3) is 0 Å². The molecule has 0 aromatic carbocycles. The van der Waals surface area contributed by atoms with Gasteiger partial charge in [0.2, 0.25) is 11.8 Å².